The minimum Gasteiger partial charge on any atom is -0.366 e. The average Bonchev–Trinajstić information content (AvgIpc) is 2.77. The molecule has 0 aliphatic carbocycles. The first-order valence-electron chi connectivity index (χ1n) is 10.3. The molecule has 0 fully saturated rings. The zero-order valence-corrected chi connectivity index (χ0v) is 17.6. The number of aromatic nitrogens is 1. The fraction of sp³-hybridized carbons (Fsp3) is 0.280. The van der Waals surface area contributed by atoms with Crippen molar-refractivity contribution in [3.63, 3.8) is 0 Å². The summed E-state index contributed by atoms with van der Waals surface area (Å²) in [6.07, 6.45) is 0. The molecule has 0 saturated carbocycles. The van der Waals surface area contributed by atoms with E-state index in [4.69, 9.17) is 4.98 Å². The van der Waals surface area contributed by atoms with Gasteiger partial charge in [-0.15, -0.1) is 0 Å². The number of carbonyl (C=O) groups is 1. The van der Waals surface area contributed by atoms with E-state index in [0.29, 0.717) is 19.6 Å². The quantitative estimate of drug-likeness (QED) is 0.662. The fourth-order valence-corrected chi connectivity index (χ4v) is 4.09. The largest absolute Gasteiger partial charge is 0.366 e. The molecule has 5 heteroatoms. The summed E-state index contributed by atoms with van der Waals surface area (Å²) in [4.78, 5) is 20.4. The molecule has 0 radical (unpaired) electrons. The molecule has 2 N–H and O–H groups in total. The highest BCUT2D eigenvalue weighted by Crippen LogP contribution is 2.33. The summed E-state index contributed by atoms with van der Waals surface area (Å²) in [6.45, 7) is 4.64. The lowest BCUT2D eigenvalue weighted by atomic mass is 9.79. The highest BCUT2D eigenvalue weighted by atomic mass is 16.2. The maximum atomic E-state index is 13.3. The molecule has 1 amide bonds. The minimum atomic E-state index is -0.707. The zero-order valence-electron chi connectivity index (χ0n) is 17.6. The molecule has 3 aromatic rings. The van der Waals surface area contributed by atoms with Gasteiger partial charge < -0.3 is 15.5 Å². The molecule has 1 atom stereocenters. The predicted octanol–water partition coefficient (Wildman–Crippen LogP) is 3.71. The smallest absolute Gasteiger partial charge is 0.233 e. The van der Waals surface area contributed by atoms with Gasteiger partial charge in [0.25, 0.3) is 0 Å². The molecular weight excluding hydrogens is 372 g/mol. The summed E-state index contributed by atoms with van der Waals surface area (Å²) in [6, 6.07) is 24.3. The van der Waals surface area contributed by atoms with Gasteiger partial charge in [-0.05, 0) is 36.7 Å². The predicted molar refractivity (Wildman–Crippen MR) is 120 cm³/mol. The van der Waals surface area contributed by atoms with Crippen LogP contribution in [0.1, 0.15) is 29.3 Å². The molecule has 0 bridgehead atoms. The Hall–Kier alpha value is -3.18. The van der Waals surface area contributed by atoms with Gasteiger partial charge >= 0.3 is 0 Å². The van der Waals surface area contributed by atoms with E-state index in [1.165, 1.54) is 5.56 Å². The van der Waals surface area contributed by atoms with Crippen molar-refractivity contribution in [1.82, 2.24) is 15.2 Å². The Morgan fingerprint density at radius 3 is 2.27 bits per heavy atom. The highest BCUT2D eigenvalue weighted by Gasteiger charge is 2.42. The van der Waals surface area contributed by atoms with Gasteiger partial charge in [0, 0.05) is 26.2 Å². The van der Waals surface area contributed by atoms with Crippen molar-refractivity contribution < 1.29 is 4.79 Å². The normalized spacial score (nSPS) is 18.5. The van der Waals surface area contributed by atoms with E-state index < -0.39 is 5.41 Å². The highest BCUT2D eigenvalue weighted by molar-refractivity contribution is 5.88. The first-order chi connectivity index (χ1) is 14.5. The number of likely N-dealkylation sites (N-methyl/N-ethyl adjacent to an activating group) is 1. The van der Waals surface area contributed by atoms with E-state index in [1.807, 2.05) is 68.6 Å². The third-order valence-corrected chi connectivity index (χ3v) is 5.64. The number of hydrogen-bond acceptors (Lipinski definition) is 4. The topological polar surface area (TPSA) is 57.3 Å². The lowest BCUT2D eigenvalue weighted by molar-refractivity contribution is -0.127. The monoisotopic (exact) mass is 400 g/mol. The van der Waals surface area contributed by atoms with E-state index in [9.17, 15) is 4.79 Å². The summed E-state index contributed by atoms with van der Waals surface area (Å²) in [5, 5.41) is 6.52. The summed E-state index contributed by atoms with van der Waals surface area (Å²) >= 11 is 0. The van der Waals surface area contributed by atoms with Crippen LogP contribution < -0.4 is 10.6 Å². The standard InChI is InChI=1S/C25H28N4O/c1-25(24(30)27-16-20-11-7-4-8-12-20)18-29(2)17-21-13-14-22(28-23(21)25)26-15-19-9-5-3-6-10-19/h3-14H,15-18H2,1-2H3,(H,26,28)(H,27,30). The Balaban J connectivity index is 1.54. The van der Waals surface area contributed by atoms with Gasteiger partial charge in [-0.3, -0.25) is 4.79 Å². The maximum Gasteiger partial charge on any atom is 0.233 e. The van der Waals surface area contributed by atoms with E-state index in [2.05, 4.69) is 33.7 Å². The number of anilines is 1. The number of rotatable bonds is 6. The van der Waals surface area contributed by atoms with Crippen LogP contribution >= 0.6 is 0 Å². The van der Waals surface area contributed by atoms with E-state index in [-0.39, 0.29) is 5.91 Å². The Kier molecular flexibility index (Phi) is 5.81. The third kappa shape index (κ3) is 4.36. The minimum absolute atomic E-state index is 0.00635. The van der Waals surface area contributed by atoms with E-state index in [0.717, 1.165) is 29.2 Å². The Morgan fingerprint density at radius 2 is 1.60 bits per heavy atom. The van der Waals surface area contributed by atoms with Crippen molar-refractivity contribution in [3.05, 3.63) is 95.2 Å². The molecule has 30 heavy (non-hydrogen) atoms. The summed E-state index contributed by atoms with van der Waals surface area (Å²) in [5.74, 6) is 0.802. The Morgan fingerprint density at radius 1 is 0.967 bits per heavy atom. The van der Waals surface area contributed by atoms with Gasteiger partial charge in [0.2, 0.25) is 5.91 Å². The van der Waals surface area contributed by atoms with Crippen LogP contribution in [0.25, 0.3) is 0 Å². The second-order valence-corrected chi connectivity index (χ2v) is 8.22. The van der Waals surface area contributed by atoms with Crippen LogP contribution in [0, 0.1) is 0 Å². The lowest BCUT2D eigenvalue weighted by Gasteiger charge is -2.38. The Labute approximate surface area is 178 Å². The molecular formula is C25H28N4O. The van der Waals surface area contributed by atoms with Gasteiger partial charge in [-0.2, -0.15) is 0 Å². The average molecular weight is 401 g/mol. The van der Waals surface area contributed by atoms with E-state index in [1.54, 1.807) is 0 Å². The van der Waals surface area contributed by atoms with Crippen molar-refractivity contribution in [2.24, 2.45) is 0 Å². The summed E-state index contributed by atoms with van der Waals surface area (Å²) < 4.78 is 0. The van der Waals surface area contributed by atoms with Crippen LogP contribution in [0.2, 0.25) is 0 Å². The number of nitrogens with one attached hydrogen (secondary N) is 2. The second-order valence-electron chi connectivity index (χ2n) is 8.22. The number of amides is 1. The van der Waals surface area contributed by atoms with Crippen LogP contribution in [0.5, 0.6) is 0 Å². The van der Waals surface area contributed by atoms with Crippen molar-refractivity contribution in [2.45, 2.75) is 32.0 Å². The van der Waals surface area contributed by atoms with Crippen LogP contribution in [0.15, 0.2) is 72.8 Å². The molecule has 154 valence electrons. The van der Waals surface area contributed by atoms with Crippen LogP contribution in [0.4, 0.5) is 5.82 Å². The first kappa shape index (κ1) is 20.1. The molecule has 1 unspecified atom stereocenters. The van der Waals surface area contributed by atoms with Crippen LogP contribution in [0.3, 0.4) is 0 Å². The summed E-state index contributed by atoms with van der Waals surface area (Å²) in [5.41, 5.74) is 3.54. The number of hydrogen-bond donors (Lipinski definition) is 2. The number of benzene rings is 2. The Bertz CT molecular complexity index is 1010. The first-order valence-corrected chi connectivity index (χ1v) is 10.3. The number of nitrogens with zero attached hydrogens (tertiary/aromatic N) is 2. The van der Waals surface area contributed by atoms with Crippen molar-refractivity contribution in [3.8, 4) is 0 Å². The molecule has 0 saturated heterocycles. The van der Waals surface area contributed by atoms with Crippen LogP contribution in [-0.4, -0.2) is 29.4 Å². The van der Waals surface area contributed by atoms with Gasteiger partial charge in [0.05, 0.1) is 5.69 Å². The molecule has 2 heterocycles. The number of carbonyl (C=O) groups excluding carboxylic acids is 1. The van der Waals surface area contributed by atoms with Gasteiger partial charge in [0.1, 0.15) is 11.2 Å². The summed E-state index contributed by atoms with van der Waals surface area (Å²) in [7, 11) is 2.05. The van der Waals surface area contributed by atoms with Gasteiger partial charge in [0.15, 0.2) is 0 Å². The van der Waals surface area contributed by atoms with Crippen LogP contribution in [-0.2, 0) is 29.8 Å². The SMILES string of the molecule is CN1Cc2ccc(NCc3ccccc3)nc2C(C)(C(=O)NCc2ccccc2)C1. The molecule has 4 rings (SSSR count). The van der Waals surface area contributed by atoms with E-state index >= 15 is 0 Å². The molecule has 2 aromatic carbocycles. The third-order valence-electron chi connectivity index (χ3n) is 5.64. The number of fused-ring (bicyclic) bond motifs is 1. The molecule has 1 aliphatic heterocycles. The molecule has 1 aromatic heterocycles. The fourth-order valence-electron chi connectivity index (χ4n) is 4.09. The zero-order chi connectivity index (χ0) is 21.0. The van der Waals surface area contributed by atoms with Crippen molar-refractivity contribution in [2.75, 3.05) is 18.9 Å². The van der Waals surface area contributed by atoms with Gasteiger partial charge in [-0.25, -0.2) is 4.98 Å². The number of pyridine rings is 1. The second kappa shape index (κ2) is 8.67. The molecule has 1 aliphatic rings. The molecule has 5 nitrogen and oxygen atoms in total. The van der Waals surface area contributed by atoms with Crippen molar-refractivity contribution in [1.29, 1.82) is 0 Å². The maximum absolute atomic E-state index is 13.3. The molecule has 0 spiro atoms. The van der Waals surface area contributed by atoms with Crippen molar-refractivity contribution >= 4 is 11.7 Å². The lowest BCUT2D eigenvalue weighted by Crippen LogP contribution is -2.52. The van der Waals surface area contributed by atoms with Gasteiger partial charge in [-0.1, -0.05) is 66.7 Å².